The molecule has 4 nitrogen and oxygen atoms in total. The van der Waals surface area contributed by atoms with Crippen LogP contribution in [0.1, 0.15) is 23.8 Å². The van der Waals surface area contributed by atoms with Crippen molar-refractivity contribution in [3.63, 3.8) is 0 Å². The molecule has 20 heavy (non-hydrogen) atoms. The number of nitrogens with zero attached hydrogens (tertiary/aromatic N) is 1. The number of rotatable bonds is 6. The van der Waals surface area contributed by atoms with Gasteiger partial charge in [0.1, 0.15) is 6.04 Å². The van der Waals surface area contributed by atoms with Gasteiger partial charge < -0.3 is 5.11 Å². The highest BCUT2D eigenvalue weighted by Crippen LogP contribution is 2.35. The summed E-state index contributed by atoms with van der Waals surface area (Å²) < 4.78 is 0. The molecule has 6 heteroatoms. The van der Waals surface area contributed by atoms with Gasteiger partial charge >= 0.3 is 5.97 Å². The number of carboxylic acid groups (broad SMARTS) is 1. The number of halogens is 1. The summed E-state index contributed by atoms with van der Waals surface area (Å²) in [6, 6.07) is 10.5. The van der Waals surface area contributed by atoms with Crippen LogP contribution >= 0.6 is 22.9 Å². The average molecular weight is 310 g/mol. The topological polar surface area (TPSA) is 66.7 Å². The summed E-state index contributed by atoms with van der Waals surface area (Å²) in [4.78, 5) is 23.2. The first-order valence-corrected chi connectivity index (χ1v) is 7.19. The minimum atomic E-state index is -0.923. The van der Waals surface area contributed by atoms with Gasteiger partial charge in [0.15, 0.2) is 0 Å². The van der Waals surface area contributed by atoms with E-state index in [1.54, 1.807) is 12.1 Å². The van der Waals surface area contributed by atoms with Crippen molar-refractivity contribution < 1.29 is 9.90 Å². The van der Waals surface area contributed by atoms with Crippen molar-refractivity contribution >= 4 is 28.9 Å². The van der Waals surface area contributed by atoms with E-state index in [2.05, 4.69) is 5.18 Å². The monoisotopic (exact) mass is 309 g/mol. The van der Waals surface area contributed by atoms with E-state index >= 15 is 0 Å². The maximum absolute atomic E-state index is 10.9. The van der Waals surface area contributed by atoms with Crippen LogP contribution in [0.15, 0.2) is 41.6 Å². The van der Waals surface area contributed by atoms with Gasteiger partial charge in [0.05, 0.1) is 0 Å². The first-order valence-electron chi connectivity index (χ1n) is 6.00. The van der Waals surface area contributed by atoms with Crippen molar-refractivity contribution in [1.29, 1.82) is 0 Å². The molecule has 0 aliphatic carbocycles. The lowest BCUT2D eigenvalue weighted by Gasteiger charge is -2.04. The quantitative estimate of drug-likeness (QED) is 0.784. The molecule has 0 amide bonds. The van der Waals surface area contributed by atoms with E-state index in [1.165, 1.54) is 11.3 Å². The molecule has 0 radical (unpaired) electrons. The van der Waals surface area contributed by atoms with Crippen LogP contribution in [0.4, 0.5) is 0 Å². The Morgan fingerprint density at radius 1 is 1.25 bits per heavy atom. The normalized spacial score (nSPS) is 12.1. The molecule has 2 rings (SSSR count). The number of hydrogen-bond donors (Lipinski definition) is 1. The zero-order chi connectivity index (χ0) is 14.5. The van der Waals surface area contributed by atoms with Crippen molar-refractivity contribution in [3.05, 3.63) is 51.2 Å². The number of carboxylic acids is 1. The first kappa shape index (κ1) is 14.7. The maximum atomic E-state index is 10.9. The molecule has 104 valence electrons. The van der Waals surface area contributed by atoms with E-state index < -0.39 is 12.0 Å². The molecular weight excluding hydrogens is 298 g/mol. The summed E-state index contributed by atoms with van der Waals surface area (Å²) in [5, 5.41) is 12.4. The highest BCUT2D eigenvalue weighted by Gasteiger charge is 2.16. The molecule has 1 heterocycles. The minimum Gasteiger partial charge on any atom is -0.481 e. The lowest BCUT2D eigenvalue weighted by atomic mass is 10.1. The van der Waals surface area contributed by atoms with Crippen LogP contribution in [0.2, 0.25) is 5.02 Å². The summed E-state index contributed by atoms with van der Waals surface area (Å²) in [7, 11) is 0. The molecule has 0 saturated heterocycles. The van der Waals surface area contributed by atoms with E-state index in [1.807, 2.05) is 24.3 Å². The highest BCUT2D eigenvalue weighted by molar-refractivity contribution is 7.15. The lowest BCUT2D eigenvalue weighted by Crippen LogP contribution is -1.99. The van der Waals surface area contributed by atoms with Gasteiger partial charge in [0.2, 0.25) is 0 Å². The second-order valence-electron chi connectivity index (χ2n) is 4.26. The Morgan fingerprint density at radius 2 is 1.95 bits per heavy atom. The predicted octanol–water partition coefficient (Wildman–Crippen LogP) is 4.74. The first-order chi connectivity index (χ1) is 9.60. The third-order valence-corrected chi connectivity index (χ3v) is 4.33. The standard InChI is InChI=1S/C14H12ClNO3S/c15-10-3-1-9(2-4-10)12-6-7-13(20-12)11(16-19)5-8-14(17)18/h1-4,6-7,11H,5,8H2,(H,17,18). The van der Waals surface area contributed by atoms with Gasteiger partial charge in [-0.15, -0.1) is 11.3 Å². The van der Waals surface area contributed by atoms with Crippen molar-refractivity contribution in [2.75, 3.05) is 0 Å². The van der Waals surface area contributed by atoms with E-state index in [0.29, 0.717) is 5.02 Å². The van der Waals surface area contributed by atoms with E-state index in [4.69, 9.17) is 16.7 Å². The van der Waals surface area contributed by atoms with Crippen molar-refractivity contribution in [3.8, 4) is 10.4 Å². The summed E-state index contributed by atoms with van der Waals surface area (Å²) in [5.74, 6) is -0.923. The number of aliphatic carboxylic acids is 1. The number of thiophene rings is 1. The van der Waals surface area contributed by atoms with Gasteiger partial charge in [0, 0.05) is 21.2 Å². The van der Waals surface area contributed by atoms with Crippen molar-refractivity contribution in [2.24, 2.45) is 5.18 Å². The predicted molar refractivity (Wildman–Crippen MR) is 80.2 cm³/mol. The molecule has 1 atom stereocenters. The largest absolute Gasteiger partial charge is 0.481 e. The molecule has 1 aromatic carbocycles. The van der Waals surface area contributed by atoms with Crippen LogP contribution in [0.5, 0.6) is 0 Å². The minimum absolute atomic E-state index is 0.0649. The Morgan fingerprint density at radius 3 is 2.55 bits per heavy atom. The van der Waals surface area contributed by atoms with Crippen molar-refractivity contribution in [2.45, 2.75) is 18.9 Å². The van der Waals surface area contributed by atoms with Crippen LogP contribution in [0.3, 0.4) is 0 Å². The van der Waals surface area contributed by atoms with Gasteiger partial charge in [-0.05, 0) is 36.2 Å². The van der Waals surface area contributed by atoms with Gasteiger partial charge in [-0.3, -0.25) is 4.79 Å². The van der Waals surface area contributed by atoms with Crippen LogP contribution in [-0.2, 0) is 4.79 Å². The van der Waals surface area contributed by atoms with E-state index in [-0.39, 0.29) is 12.8 Å². The Hall–Kier alpha value is -1.72. The Kier molecular flexibility index (Phi) is 4.87. The molecule has 1 unspecified atom stereocenters. The molecule has 2 aromatic rings. The molecule has 0 spiro atoms. The maximum Gasteiger partial charge on any atom is 0.303 e. The lowest BCUT2D eigenvalue weighted by molar-refractivity contribution is -0.137. The zero-order valence-electron chi connectivity index (χ0n) is 10.5. The average Bonchev–Trinajstić information content (AvgIpc) is 2.89. The van der Waals surface area contributed by atoms with E-state index in [9.17, 15) is 9.70 Å². The molecule has 0 saturated carbocycles. The Bertz CT molecular complexity index is 609. The fraction of sp³-hybridized carbons (Fsp3) is 0.214. The molecular formula is C14H12ClNO3S. The molecule has 1 aromatic heterocycles. The van der Waals surface area contributed by atoms with Crippen LogP contribution in [0.25, 0.3) is 10.4 Å². The van der Waals surface area contributed by atoms with Crippen LogP contribution < -0.4 is 0 Å². The van der Waals surface area contributed by atoms with Crippen LogP contribution in [0, 0.1) is 4.91 Å². The number of hydrogen-bond acceptors (Lipinski definition) is 4. The Labute approximate surface area is 125 Å². The van der Waals surface area contributed by atoms with Gasteiger partial charge in [-0.2, -0.15) is 4.91 Å². The van der Waals surface area contributed by atoms with Crippen LogP contribution in [-0.4, -0.2) is 11.1 Å². The number of nitroso groups, excluding NO2 is 1. The van der Waals surface area contributed by atoms with Crippen molar-refractivity contribution in [1.82, 2.24) is 0 Å². The SMILES string of the molecule is O=NC(CCC(=O)O)c1ccc(-c2ccc(Cl)cc2)s1. The van der Waals surface area contributed by atoms with Gasteiger partial charge in [-0.1, -0.05) is 28.9 Å². The second-order valence-corrected chi connectivity index (χ2v) is 5.81. The smallest absolute Gasteiger partial charge is 0.303 e. The molecule has 0 aliphatic rings. The highest BCUT2D eigenvalue weighted by atomic mass is 35.5. The summed E-state index contributed by atoms with van der Waals surface area (Å²) >= 11 is 7.29. The van der Waals surface area contributed by atoms with E-state index in [0.717, 1.165) is 15.3 Å². The zero-order valence-corrected chi connectivity index (χ0v) is 12.0. The molecule has 0 aliphatic heterocycles. The summed E-state index contributed by atoms with van der Waals surface area (Å²) in [5.41, 5.74) is 1.01. The fourth-order valence-corrected chi connectivity index (χ4v) is 3.01. The number of carbonyl (C=O) groups is 1. The summed E-state index contributed by atoms with van der Waals surface area (Å²) in [6.07, 6.45) is 0.157. The van der Waals surface area contributed by atoms with Gasteiger partial charge in [0.25, 0.3) is 0 Å². The molecule has 0 bridgehead atoms. The third-order valence-electron chi connectivity index (χ3n) is 2.84. The van der Waals surface area contributed by atoms with Gasteiger partial charge in [-0.25, -0.2) is 0 Å². The molecule has 0 fully saturated rings. The fourth-order valence-electron chi connectivity index (χ4n) is 1.81. The number of benzene rings is 1. The second kappa shape index (κ2) is 6.63. The summed E-state index contributed by atoms with van der Waals surface area (Å²) in [6.45, 7) is 0. The Balaban J connectivity index is 2.16. The molecule has 1 N–H and O–H groups in total. The third kappa shape index (κ3) is 3.65.